The van der Waals surface area contributed by atoms with Crippen LogP contribution in [0.1, 0.15) is 117 Å². The number of fused-ring (bicyclic) bond motifs is 3. The maximum atomic E-state index is 12.2. The van der Waals surface area contributed by atoms with Crippen LogP contribution in [0.3, 0.4) is 0 Å². The first-order valence-corrected chi connectivity index (χ1v) is 21.4. The summed E-state index contributed by atoms with van der Waals surface area (Å²) >= 11 is 3.71. The SMILES string of the molecule is CCC(C)(CC)C(=O)/C=C(\O)C(C)(CC)CC.Cc1cc2c(-c3ccc4cc(CC(C)C)sc4c3)cc(-c3[c-]c4ccccc4c(C(C)(C)C)c3)nc2s1.[Ir]. The number of benzene rings is 3. The predicted octanol–water partition coefficient (Wildman–Crippen LogP) is 15.3. The first kappa shape index (κ1) is 44.6. The topological polar surface area (TPSA) is 50.2 Å². The van der Waals surface area contributed by atoms with Crippen molar-refractivity contribution in [3.05, 3.63) is 99.9 Å². The summed E-state index contributed by atoms with van der Waals surface area (Å²) in [7, 11) is 0. The molecule has 0 saturated carbocycles. The van der Waals surface area contributed by atoms with E-state index >= 15 is 0 Å². The van der Waals surface area contributed by atoms with Gasteiger partial charge in [-0.2, -0.15) is 0 Å². The molecule has 0 aliphatic carbocycles. The Morgan fingerprint density at radius 1 is 0.836 bits per heavy atom. The van der Waals surface area contributed by atoms with Crippen molar-refractivity contribution in [2.75, 3.05) is 0 Å². The predicted molar refractivity (Wildman–Crippen MR) is 237 cm³/mol. The molecule has 55 heavy (non-hydrogen) atoms. The minimum Gasteiger partial charge on any atom is -0.512 e. The van der Waals surface area contributed by atoms with Gasteiger partial charge in [0, 0.05) is 62.5 Å². The van der Waals surface area contributed by atoms with Crippen molar-refractivity contribution in [3.63, 3.8) is 0 Å². The maximum absolute atomic E-state index is 12.2. The van der Waals surface area contributed by atoms with Crippen molar-refractivity contribution in [2.45, 2.75) is 121 Å². The number of nitrogens with zero attached hydrogens (tertiary/aromatic N) is 1. The number of hydrogen-bond donors (Lipinski definition) is 1. The largest absolute Gasteiger partial charge is 0.512 e. The van der Waals surface area contributed by atoms with Crippen LogP contribution in [0.25, 0.3) is 53.5 Å². The molecule has 0 saturated heterocycles. The van der Waals surface area contributed by atoms with E-state index in [1.165, 1.54) is 53.4 Å². The number of hydrogen-bond acceptors (Lipinski definition) is 5. The van der Waals surface area contributed by atoms with Gasteiger partial charge in [-0.3, -0.25) is 9.78 Å². The molecular weight excluding hydrogens is 891 g/mol. The number of allylic oxidation sites excluding steroid dienone is 2. The van der Waals surface area contributed by atoms with E-state index < -0.39 is 0 Å². The maximum Gasteiger partial charge on any atom is 0.164 e. The fourth-order valence-electron chi connectivity index (χ4n) is 6.94. The van der Waals surface area contributed by atoms with Gasteiger partial charge in [0.25, 0.3) is 0 Å². The molecule has 0 amide bonds. The molecule has 3 heterocycles. The first-order chi connectivity index (χ1) is 25.4. The van der Waals surface area contributed by atoms with Gasteiger partial charge in [-0.1, -0.05) is 124 Å². The van der Waals surface area contributed by atoms with Crippen LogP contribution in [0.2, 0.25) is 0 Å². The average Bonchev–Trinajstić information content (AvgIpc) is 3.73. The molecule has 6 aromatic rings. The number of thiophene rings is 2. The third-order valence-electron chi connectivity index (χ3n) is 11.6. The zero-order chi connectivity index (χ0) is 39.6. The van der Waals surface area contributed by atoms with Crippen molar-refractivity contribution in [2.24, 2.45) is 16.7 Å². The van der Waals surface area contributed by atoms with E-state index in [1.807, 2.05) is 52.9 Å². The number of carbonyl (C=O) groups excluding carboxylic acids is 1. The van der Waals surface area contributed by atoms with E-state index in [2.05, 4.69) is 114 Å². The fraction of sp³-hybridized carbons (Fsp3) is 0.429. The van der Waals surface area contributed by atoms with E-state index in [0.29, 0.717) is 5.92 Å². The molecule has 0 aliphatic heterocycles. The van der Waals surface area contributed by atoms with Gasteiger partial charge in [0.15, 0.2) is 5.78 Å². The summed E-state index contributed by atoms with van der Waals surface area (Å²) in [5, 5.41) is 15.1. The molecule has 0 atom stereocenters. The van der Waals surface area contributed by atoms with Crippen LogP contribution in [0.4, 0.5) is 0 Å². The monoisotopic (exact) mass is 951 g/mol. The van der Waals surface area contributed by atoms with Crippen LogP contribution in [0, 0.1) is 29.7 Å². The number of pyridine rings is 1. The van der Waals surface area contributed by atoms with E-state index in [1.54, 1.807) is 11.3 Å². The van der Waals surface area contributed by atoms with Crippen LogP contribution < -0.4 is 0 Å². The van der Waals surface area contributed by atoms with Crippen LogP contribution >= 0.6 is 22.7 Å². The van der Waals surface area contributed by atoms with Gasteiger partial charge in [0.05, 0.1) is 0 Å². The Bertz CT molecular complexity index is 2290. The molecule has 6 rings (SSSR count). The van der Waals surface area contributed by atoms with E-state index in [4.69, 9.17) is 4.98 Å². The Balaban J connectivity index is 0.000000320. The van der Waals surface area contributed by atoms with Gasteiger partial charge in [0.1, 0.15) is 10.6 Å². The molecule has 0 fully saturated rings. The van der Waals surface area contributed by atoms with Crippen LogP contribution in [0.15, 0.2) is 78.6 Å². The summed E-state index contributed by atoms with van der Waals surface area (Å²) in [6.07, 6.45) is 5.89. The molecule has 3 nitrogen and oxygen atoms in total. The molecule has 0 unspecified atom stereocenters. The molecule has 3 aromatic carbocycles. The van der Waals surface area contributed by atoms with E-state index in [0.717, 1.165) is 53.6 Å². The molecule has 0 bridgehead atoms. The molecule has 6 heteroatoms. The normalized spacial score (nSPS) is 12.6. The summed E-state index contributed by atoms with van der Waals surface area (Å²) in [4.78, 5) is 21.2. The van der Waals surface area contributed by atoms with Crippen LogP contribution in [0.5, 0.6) is 0 Å². The first-order valence-electron chi connectivity index (χ1n) is 19.8. The molecule has 1 radical (unpaired) electrons. The number of carbonyl (C=O) groups is 1. The smallest absolute Gasteiger partial charge is 0.164 e. The average molecular weight is 951 g/mol. The van der Waals surface area contributed by atoms with Crippen molar-refractivity contribution >= 4 is 59.5 Å². The Kier molecular flexibility index (Phi) is 14.6. The summed E-state index contributed by atoms with van der Waals surface area (Å²) in [5.74, 6) is 0.952. The molecule has 3 aromatic heterocycles. The summed E-state index contributed by atoms with van der Waals surface area (Å²) in [6, 6.07) is 28.5. The Morgan fingerprint density at radius 2 is 1.49 bits per heavy atom. The number of rotatable bonds is 11. The number of ketones is 1. The zero-order valence-electron chi connectivity index (χ0n) is 35.0. The zero-order valence-corrected chi connectivity index (χ0v) is 39.0. The third kappa shape index (κ3) is 9.87. The quantitative estimate of drug-likeness (QED) is 0.0800. The van der Waals surface area contributed by atoms with Crippen molar-refractivity contribution in [1.82, 2.24) is 4.98 Å². The number of aliphatic hydroxyl groups excluding tert-OH is 1. The molecule has 1 N–H and O–H groups in total. The number of aliphatic hydroxyl groups is 1. The molecule has 0 spiro atoms. The van der Waals surface area contributed by atoms with E-state index in [9.17, 15) is 9.90 Å². The van der Waals surface area contributed by atoms with Gasteiger partial charge in [0.2, 0.25) is 0 Å². The van der Waals surface area contributed by atoms with E-state index in [-0.39, 0.29) is 47.9 Å². The number of aryl methyl sites for hydroxylation is 1. The van der Waals surface area contributed by atoms with Crippen molar-refractivity contribution in [3.8, 4) is 22.4 Å². The molecular formula is C49H60IrNO2S2-. The standard InChI is InChI=1S/C34H32NS2.C15H28O2.Ir/c1-20(2)13-26-16-24-12-11-23(18-32(24)37-26)28-19-31(35-33-29(28)14-21(3)36-33)25-15-22-9-7-8-10-27(22)30(17-25)34(4,5)6;1-7-14(5,8-2)12(16)11-13(17)15(6,9-3)10-4;/h7-12,14,16-20H,13H2,1-6H3;11,16H,7-10H2,1-6H3;/q-1;;/b;12-11-;. The minimum atomic E-state index is -0.337. The fourth-order valence-corrected chi connectivity index (χ4v) is 9.16. The number of aromatic nitrogens is 1. The summed E-state index contributed by atoms with van der Waals surface area (Å²) < 4.78 is 1.36. The second-order valence-electron chi connectivity index (χ2n) is 17.0. The molecule has 0 aliphatic rings. The Labute approximate surface area is 352 Å². The van der Waals surface area contributed by atoms with Crippen molar-refractivity contribution < 1.29 is 30.0 Å². The Hall–Kier alpha value is -3.15. The van der Waals surface area contributed by atoms with Gasteiger partial charge in [-0.05, 0) is 85.1 Å². The van der Waals surface area contributed by atoms with Crippen molar-refractivity contribution in [1.29, 1.82) is 0 Å². The summed E-state index contributed by atoms with van der Waals surface area (Å²) in [5.41, 5.74) is 5.32. The van der Waals surface area contributed by atoms with Gasteiger partial charge < -0.3 is 5.11 Å². The second-order valence-corrected chi connectivity index (χ2v) is 19.4. The minimum absolute atomic E-state index is 0. The van der Waals surface area contributed by atoms with Crippen LogP contribution in [-0.4, -0.2) is 15.9 Å². The third-order valence-corrected chi connectivity index (χ3v) is 13.6. The summed E-state index contributed by atoms with van der Waals surface area (Å²) in [6.45, 7) is 25.7. The van der Waals surface area contributed by atoms with Crippen LogP contribution in [-0.2, 0) is 36.7 Å². The molecule has 295 valence electrons. The van der Waals surface area contributed by atoms with Gasteiger partial charge in [-0.25, -0.2) is 0 Å². The Morgan fingerprint density at radius 3 is 2.11 bits per heavy atom. The van der Waals surface area contributed by atoms with Gasteiger partial charge in [-0.15, -0.1) is 51.8 Å². The second kappa shape index (κ2) is 18.0. The van der Waals surface area contributed by atoms with Gasteiger partial charge >= 0.3 is 0 Å².